The third kappa shape index (κ3) is 3.54. The molecule has 2 rings (SSSR count). The summed E-state index contributed by atoms with van der Waals surface area (Å²) in [4.78, 5) is 11.8. The van der Waals surface area contributed by atoms with E-state index in [4.69, 9.17) is 32.7 Å². The number of carbonyl (C=O) groups excluding carboxylic acids is 1. The highest BCUT2D eigenvalue weighted by Crippen LogP contribution is 2.28. The molecule has 0 aliphatic carbocycles. The summed E-state index contributed by atoms with van der Waals surface area (Å²) in [6.45, 7) is 4.03. The van der Waals surface area contributed by atoms with Crippen LogP contribution in [0.5, 0.6) is 5.75 Å². The van der Waals surface area contributed by atoms with E-state index < -0.39 is 5.97 Å². The number of ether oxygens (including phenoxy) is 2. The van der Waals surface area contributed by atoms with Crippen LogP contribution in [0.1, 0.15) is 27.0 Å². The van der Waals surface area contributed by atoms with Crippen molar-refractivity contribution in [2.75, 3.05) is 7.11 Å². The van der Waals surface area contributed by atoms with Crippen molar-refractivity contribution in [1.29, 1.82) is 0 Å². The monoisotopic (exact) mass is 338 g/mol. The van der Waals surface area contributed by atoms with Gasteiger partial charge in [-0.3, -0.25) is 0 Å². The molecule has 116 valence electrons. The van der Waals surface area contributed by atoms with Crippen LogP contribution in [0.4, 0.5) is 0 Å². The lowest BCUT2D eigenvalue weighted by Crippen LogP contribution is -2.09. The number of benzene rings is 2. The quantitative estimate of drug-likeness (QED) is 0.737. The Hall–Kier alpha value is -1.71. The van der Waals surface area contributed by atoms with Crippen molar-refractivity contribution in [3.63, 3.8) is 0 Å². The third-order valence-electron chi connectivity index (χ3n) is 3.35. The molecular weight excluding hydrogens is 323 g/mol. The van der Waals surface area contributed by atoms with Crippen LogP contribution in [-0.2, 0) is 11.3 Å². The van der Waals surface area contributed by atoms with Crippen molar-refractivity contribution in [2.24, 2.45) is 0 Å². The highest BCUT2D eigenvalue weighted by atomic mass is 35.5. The SMILES string of the molecule is COC(=O)c1cccc(Cl)c1COc1cc(Cl)c(C)cc1C. The van der Waals surface area contributed by atoms with Crippen LogP contribution < -0.4 is 4.74 Å². The van der Waals surface area contributed by atoms with E-state index in [1.807, 2.05) is 19.9 Å². The maximum atomic E-state index is 11.8. The number of esters is 1. The molecule has 0 saturated heterocycles. The predicted molar refractivity (Wildman–Crippen MR) is 88.0 cm³/mol. The molecule has 0 aromatic heterocycles. The second-order valence-corrected chi connectivity index (χ2v) is 5.73. The number of halogens is 2. The lowest BCUT2D eigenvalue weighted by atomic mass is 10.1. The molecule has 0 spiro atoms. The summed E-state index contributed by atoms with van der Waals surface area (Å²) in [7, 11) is 1.33. The van der Waals surface area contributed by atoms with Gasteiger partial charge in [0.1, 0.15) is 12.4 Å². The van der Waals surface area contributed by atoms with Gasteiger partial charge in [-0.05, 0) is 43.2 Å². The van der Waals surface area contributed by atoms with E-state index in [1.54, 1.807) is 24.3 Å². The summed E-state index contributed by atoms with van der Waals surface area (Å²) in [6.07, 6.45) is 0. The van der Waals surface area contributed by atoms with Crippen LogP contribution in [0, 0.1) is 13.8 Å². The molecule has 0 bridgehead atoms. The second kappa shape index (κ2) is 7.03. The normalized spacial score (nSPS) is 10.4. The van der Waals surface area contributed by atoms with E-state index in [0.717, 1.165) is 11.1 Å². The summed E-state index contributed by atoms with van der Waals surface area (Å²) in [5, 5.41) is 1.09. The topological polar surface area (TPSA) is 35.5 Å². The standard InChI is InChI=1S/C17H16Cl2O3/c1-10-7-11(2)16(8-15(10)19)22-9-13-12(17(20)21-3)5-4-6-14(13)18/h4-8H,9H2,1-3H3. The van der Waals surface area contributed by atoms with Gasteiger partial charge >= 0.3 is 5.97 Å². The highest BCUT2D eigenvalue weighted by Gasteiger charge is 2.15. The molecule has 0 aliphatic heterocycles. The molecule has 0 N–H and O–H groups in total. The van der Waals surface area contributed by atoms with Gasteiger partial charge in [0.2, 0.25) is 0 Å². The molecule has 0 saturated carbocycles. The van der Waals surface area contributed by atoms with E-state index in [2.05, 4.69) is 0 Å². The molecule has 2 aromatic carbocycles. The minimum Gasteiger partial charge on any atom is -0.488 e. The molecule has 0 amide bonds. The average Bonchev–Trinajstić information content (AvgIpc) is 2.49. The fourth-order valence-electron chi connectivity index (χ4n) is 2.12. The van der Waals surface area contributed by atoms with Crippen LogP contribution in [0.3, 0.4) is 0 Å². The summed E-state index contributed by atoms with van der Waals surface area (Å²) < 4.78 is 10.6. The van der Waals surface area contributed by atoms with Gasteiger partial charge in [0, 0.05) is 15.6 Å². The first-order valence-electron chi connectivity index (χ1n) is 6.69. The van der Waals surface area contributed by atoms with Gasteiger partial charge in [-0.2, -0.15) is 0 Å². The molecule has 5 heteroatoms. The van der Waals surface area contributed by atoms with Gasteiger partial charge in [0.05, 0.1) is 12.7 Å². The van der Waals surface area contributed by atoms with E-state index in [1.165, 1.54) is 7.11 Å². The minimum atomic E-state index is -0.445. The fourth-order valence-corrected chi connectivity index (χ4v) is 2.50. The van der Waals surface area contributed by atoms with E-state index in [0.29, 0.717) is 26.9 Å². The number of carbonyl (C=O) groups is 1. The van der Waals surface area contributed by atoms with Crippen LogP contribution in [0.25, 0.3) is 0 Å². The largest absolute Gasteiger partial charge is 0.488 e. The molecule has 0 aliphatic rings. The first-order chi connectivity index (χ1) is 10.4. The van der Waals surface area contributed by atoms with Crippen LogP contribution in [-0.4, -0.2) is 13.1 Å². The van der Waals surface area contributed by atoms with Gasteiger partial charge in [-0.25, -0.2) is 4.79 Å². The van der Waals surface area contributed by atoms with Gasteiger partial charge in [0.25, 0.3) is 0 Å². The number of hydrogen-bond donors (Lipinski definition) is 0. The maximum Gasteiger partial charge on any atom is 0.338 e. The first kappa shape index (κ1) is 16.7. The molecule has 0 heterocycles. The Bertz CT molecular complexity index is 711. The van der Waals surface area contributed by atoms with Crippen molar-refractivity contribution in [1.82, 2.24) is 0 Å². The average molecular weight is 339 g/mol. The predicted octanol–water partition coefficient (Wildman–Crippen LogP) is 4.98. The Morgan fingerprint density at radius 3 is 2.50 bits per heavy atom. The summed E-state index contributed by atoms with van der Waals surface area (Å²) in [5.41, 5.74) is 2.94. The molecule has 0 unspecified atom stereocenters. The van der Waals surface area contributed by atoms with E-state index >= 15 is 0 Å². The smallest absolute Gasteiger partial charge is 0.338 e. The zero-order valence-electron chi connectivity index (χ0n) is 12.6. The number of rotatable bonds is 4. The number of methoxy groups -OCH3 is 1. The second-order valence-electron chi connectivity index (χ2n) is 4.91. The Morgan fingerprint density at radius 1 is 1.09 bits per heavy atom. The lowest BCUT2D eigenvalue weighted by Gasteiger charge is -2.14. The van der Waals surface area contributed by atoms with Gasteiger partial charge in [0.15, 0.2) is 0 Å². The molecule has 0 radical (unpaired) electrons. The van der Waals surface area contributed by atoms with Gasteiger partial charge in [-0.15, -0.1) is 0 Å². The van der Waals surface area contributed by atoms with Crippen molar-refractivity contribution in [3.8, 4) is 5.75 Å². The molecular formula is C17H16Cl2O3. The molecule has 2 aromatic rings. The van der Waals surface area contributed by atoms with Gasteiger partial charge in [-0.1, -0.05) is 35.3 Å². The van der Waals surface area contributed by atoms with Crippen molar-refractivity contribution in [3.05, 3.63) is 62.6 Å². The Kier molecular flexibility index (Phi) is 5.33. The summed E-state index contributed by atoms with van der Waals surface area (Å²) >= 11 is 12.3. The molecule has 0 fully saturated rings. The lowest BCUT2D eigenvalue weighted by molar-refractivity contribution is 0.0597. The van der Waals surface area contributed by atoms with Crippen molar-refractivity contribution in [2.45, 2.75) is 20.5 Å². The number of hydrogen-bond acceptors (Lipinski definition) is 3. The fraction of sp³-hybridized carbons (Fsp3) is 0.235. The summed E-state index contributed by atoms with van der Waals surface area (Å²) in [5.74, 6) is 0.214. The third-order valence-corrected chi connectivity index (χ3v) is 4.11. The highest BCUT2D eigenvalue weighted by molar-refractivity contribution is 6.32. The van der Waals surface area contributed by atoms with Gasteiger partial charge < -0.3 is 9.47 Å². The summed E-state index contributed by atoms with van der Waals surface area (Å²) in [6, 6.07) is 8.78. The Balaban J connectivity index is 2.29. The van der Waals surface area contributed by atoms with Crippen molar-refractivity contribution < 1.29 is 14.3 Å². The number of aryl methyl sites for hydroxylation is 2. The zero-order valence-corrected chi connectivity index (χ0v) is 14.1. The van der Waals surface area contributed by atoms with E-state index in [9.17, 15) is 4.79 Å². The molecule has 0 atom stereocenters. The molecule has 22 heavy (non-hydrogen) atoms. The minimum absolute atomic E-state index is 0.157. The first-order valence-corrected chi connectivity index (χ1v) is 7.45. The Labute approximate surface area is 139 Å². The van der Waals surface area contributed by atoms with Crippen LogP contribution in [0.2, 0.25) is 10.0 Å². The van der Waals surface area contributed by atoms with E-state index in [-0.39, 0.29) is 6.61 Å². The van der Waals surface area contributed by atoms with Crippen molar-refractivity contribution >= 4 is 29.2 Å². The zero-order chi connectivity index (χ0) is 16.3. The maximum absolute atomic E-state index is 11.8. The molecule has 3 nitrogen and oxygen atoms in total. The van der Waals surface area contributed by atoms with Crippen LogP contribution in [0.15, 0.2) is 30.3 Å². The Morgan fingerprint density at radius 2 is 1.82 bits per heavy atom. The van der Waals surface area contributed by atoms with Crippen LogP contribution >= 0.6 is 23.2 Å².